The van der Waals surface area contributed by atoms with Crippen LogP contribution in [0.15, 0.2) is 24.3 Å². The minimum absolute atomic E-state index is 0.324. The molecule has 1 atom stereocenters. The van der Waals surface area contributed by atoms with Gasteiger partial charge in [-0.25, -0.2) is 0 Å². The van der Waals surface area contributed by atoms with Crippen LogP contribution in [0.3, 0.4) is 0 Å². The van der Waals surface area contributed by atoms with Gasteiger partial charge in [-0.1, -0.05) is 179 Å². The van der Waals surface area contributed by atoms with Crippen molar-refractivity contribution in [3.05, 3.63) is 24.3 Å². The zero-order valence-corrected chi connectivity index (χ0v) is 32.2. The van der Waals surface area contributed by atoms with Crippen LogP contribution >= 0.6 is 0 Å². The number of hydrogen-bond acceptors (Lipinski definition) is 2. The highest BCUT2D eigenvalue weighted by molar-refractivity contribution is 5.66. The van der Waals surface area contributed by atoms with Gasteiger partial charge in [0.25, 0.3) is 0 Å². The zero-order chi connectivity index (χ0) is 35.2. The minimum atomic E-state index is -0.665. The van der Waals surface area contributed by atoms with E-state index < -0.39 is 11.9 Å². The first kappa shape index (κ1) is 46.4. The van der Waals surface area contributed by atoms with Crippen LogP contribution < -0.4 is 0 Å². The summed E-state index contributed by atoms with van der Waals surface area (Å²) in [6.45, 7) is 4.76. The van der Waals surface area contributed by atoms with Gasteiger partial charge in [0.15, 0.2) is 0 Å². The maximum Gasteiger partial charge on any atom is 0.303 e. The number of rotatable bonds is 39. The average molecular weight is 675 g/mol. The highest BCUT2D eigenvalue weighted by Gasteiger charge is 2.10. The lowest BCUT2D eigenvalue weighted by molar-refractivity contribution is -0.138. The molecule has 0 saturated carbocycles. The largest absolute Gasteiger partial charge is 0.481 e. The lowest BCUT2D eigenvalue weighted by Crippen LogP contribution is -2.03. The molecule has 0 amide bonds. The van der Waals surface area contributed by atoms with Gasteiger partial charge < -0.3 is 10.2 Å². The van der Waals surface area contributed by atoms with Gasteiger partial charge >= 0.3 is 11.9 Å². The summed E-state index contributed by atoms with van der Waals surface area (Å²) in [5.41, 5.74) is 0. The molecule has 4 heteroatoms. The molecule has 0 spiro atoms. The Kier molecular flexibility index (Phi) is 37.0. The molecule has 0 aromatic heterocycles. The van der Waals surface area contributed by atoms with E-state index in [1.165, 1.54) is 180 Å². The molecular weight excluding hydrogens is 592 g/mol. The normalized spacial score (nSPS) is 13.1. The van der Waals surface area contributed by atoms with Crippen molar-refractivity contribution < 1.29 is 19.8 Å². The van der Waals surface area contributed by atoms with E-state index in [2.05, 4.69) is 38.2 Å². The zero-order valence-electron chi connectivity index (χ0n) is 32.2. The van der Waals surface area contributed by atoms with Gasteiger partial charge in [0.05, 0.1) is 0 Å². The SMILES string of the molecule is CCC(C)CCCC(CCCCCCCCC=CCCCCCCCC(=O)O)CCCCCCCCC=CCCCCCCCC(=O)O. The molecule has 0 radical (unpaired) electrons. The Bertz CT molecular complexity index is 688. The van der Waals surface area contributed by atoms with Crippen molar-refractivity contribution in [1.82, 2.24) is 0 Å². The Labute approximate surface area is 299 Å². The first-order valence-electron chi connectivity index (χ1n) is 21.2. The third-order valence-electron chi connectivity index (χ3n) is 10.3. The number of aliphatic carboxylic acids is 2. The Morgan fingerprint density at radius 2 is 0.708 bits per heavy atom. The maximum atomic E-state index is 10.5. The molecule has 0 saturated heterocycles. The molecular formula is C44H82O4. The molecule has 282 valence electrons. The van der Waals surface area contributed by atoms with E-state index in [1.807, 2.05) is 0 Å². The van der Waals surface area contributed by atoms with E-state index in [1.54, 1.807) is 0 Å². The first-order valence-corrected chi connectivity index (χ1v) is 21.2. The van der Waals surface area contributed by atoms with Gasteiger partial charge in [-0.2, -0.15) is 0 Å². The van der Waals surface area contributed by atoms with Gasteiger partial charge in [-0.15, -0.1) is 0 Å². The van der Waals surface area contributed by atoms with Gasteiger partial charge in [0.1, 0.15) is 0 Å². The fourth-order valence-electron chi connectivity index (χ4n) is 6.81. The predicted molar refractivity (Wildman–Crippen MR) is 209 cm³/mol. The van der Waals surface area contributed by atoms with Gasteiger partial charge in [0, 0.05) is 12.8 Å². The molecule has 0 aliphatic rings. The fraction of sp³-hybridized carbons (Fsp3) is 0.864. The molecule has 4 nitrogen and oxygen atoms in total. The van der Waals surface area contributed by atoms with E-state index in [9.17, 15) is 9.59 Å². The van der Waals surface area contributed by atoms with Crippen molar-refractivity contribution in [3.8, 4) is 0 Å². The van der Waals surface area contributed by atoms with Gasteiger partial charge in [-0.05, 0) is 76.0 Å². The van der Waals surface area contributed by atoms with Crippen LogP contribution in [-0.2, 0) is 9.59 Å². The van der Waals surface area contributed by atoms with Crippen LogP contribution in [0, 0.1) is 11.8 Å². The molecule has 0 aliphatic carbocycles. The number of allylic oxidation sites excluding steroid dienone is 4. The topological polar surface area (TPSA) is 74.6 Å². The van der Waals surface area contributed by atoms with Crippen LogP contribution in [0.5, 0.6) is 0 Å². The molecule has 0 heterocycles. The van der Waals surface area contributed by atoms with Crippen molar-refractivity contribution >= 4 is 11.9 Å². The lowest BCUT2D eigenvalue weighted by Gasteiger charge is -2.18. The molecule has 1 unspecified atom stereocenters. The molecule has 0 aromatic rings. The Morgan fingerprint density at radius 3 is 1.04 bits per heavy atom. The monoisotopic (exact) mass is 675 g/mol. The summed E-state index contributed by atoms with van der Waals surface area (Å²) in [6.07, 6.45) is 51.3. The summed E-state index contributed by atoms with van der Waals surface area (Å²) >= 11 is 0. The third-order valence-corrected chi connectivity index (χ3v) is 10.3. The second kappa shape index (κ2) is 38.2. The Hall–Kier alpha value is -1.58. The van der Waals surface area contributed by atoms with E-state index >= 15 is 0 Å². The molecule has 2 N–H and O–H groups in total. The summed E-state index contributed by atoms with van der Waals surface area (Å²) in [5.74, 6) is 0.516. The number of carbonyl (C=O) groups is 2. The molecule has 48 heavy (non-hydrogen) atoms. The minimum Gasteiger partial charge on any atom is -0.481 e. The summed E-state index contributed by atoms with van der Waals surface area (Å²) in [5, 5.41) is 17.4. The molecule has 0 aliphatic heterocycles. The standard InChI is InChI=1S/C44H82O4/c1-3-41(2)35-34-38-42(36-30-26-22-18-14-10-6-4-8-12-16-20-24-28-32-39-43(45)46)37-31-27-23-19-15-11-7-5-9-13-17-21-25-29-33-40-44(47)48/h4-5,8-9,41-42H,3,6-7,10-40H2,1-2H3,(H,45,46)(H,47,48). The summed E-state index contributed by atoms with van der Waals surface area (Å²) < 4.78 is 0. The number of hydrogen-bond donors (Lipinski definition) is 2. The molecule has 0 aromatic carbocycles. The third kappa shape index (κ3) is 38.9. The van der Waals surface area contributed by atoms with E-state index in [4.69, 9.17) is 10.2 Å². The van der Waals surface area contributed by atoms with Crippen molar-refractivity contribution in [2.24, 2.45) is 11.8 Å². The highest BCUT2D eigenvalue weighted by atomic mass is 16.4. The summed E-state index contributed by atoms with van der Waals surface area (Å²) in [6, 6.07) is 0. The molecule has 0 fully saturated rings. The van der Waals surface area contributed by atoms with E-state index in [0.29, 0.717) is 12.8 Å². The van der Waals surface area contributed by atoms with Crippen LogP contribution in [0.25, 0.3) is 0 Å². The second-order valence-corrected chi connectivity index (χ2v) is 15.1. The van der Waals surface area contributed by atoms with Crippen molar-refractivity contribution in [3.63, 3.8) is 0 Å². The van der Waals surface area contributed by atoms with Crippen molar-refractivity contribution in [2.45, 2.75) is 232 Å². The number of carboxylic acids is 2. The van der Waals surface area contributed by atoms with Crippen LogP contribution in [0.1, 0.15) is 232 Å². The van der Waals surface area contributed by atoms with Gasteiger partial charge in [-0.3, -0.25) is 9.59 Å². The lowest BCUT2D eigenvalue weighted by atomic mass is 9.88. The van der Waals surface area contributed by atoms with Crippen LogP contribution in [0.4, 0.5) is 0 Å². The predicted octanol–water partition coefficient (Wildman–Crippen LogP) is 14.8. The summed E-state index contributed by atoms with van der Waals surface area (Å²) in [4.78, 5) is 21.1. The quantitative estimate of drug-likeness (QED) is 0.0502. The second-order valence-electron chi connectivity index (χ2n) is 15.1. The van der Waals surface area contributed by atoms with Crippen molar-refractivity contribution in [2.75, 3.05) is 0 Å². The average Bonchev–Trinajstić information content (AvgIpc) is 3.06. The fourth-order valence-corrected chi connectivity index (χ4v) is 6.81. The van der Waals surface area contributed by atoms with E-state index in [0.717, 1.165) is 37.5 Å². The molecule has 0 rings (SSSR count). The van der Waals surface area contributed by atoms with Gasteiger partial charge in [0.2, 0.25) is 0 Å². The number of carboxylic acid groups (broad SMARTS) is 2. The van der Waals surface area contributed by atoms with E-state index in [-0.39, 0.29) is 0 Å². The maximum absolute atomic E-state index is 10.5. The number of unbranched alkanes of at least 4 members (excludes halogenated alkanes) is 22. The Balaban J connectivity index is 3.78. The Morgan fingerprint density at radius 1 is 0.417 bits per heavy atom. The first-order chi connectivity index (χ1) is 23.5. The van der Waals surface area contributed by atoms with Crippen LogP contribution in [0.2, 0.25) is 0 Å². The highest BCUT2D eigenvalue weighted by Crippen LogP contribution is 2.25. The molecule has 0 bridgehead atoms. The summed E-state index contributed by atoms with van der Waals surface area (Å²) in [7, 11) is 0. The smallest absolute Gasteiger partial charge is 0.303 e. The van der Waals surface area contributed by atoms with Crippen LogP contribution in [-0.4, -0.2) is 22.2 Å². The van der Waals surface area contributed by atoms with Crippen molar-refractivity contribution in [1.29, 1.82) is 0 Å².